The highest BCUT2D eigenvalue weighted by Gasteiger charge is 2.14. The molecular weight excluding hydrogens is 384 g/mol. The van der Waals surface area contributed by atoms with Crippen LogP contribution in [0.4, 0.5) is 5.69 Å². The maximum Gasteiger partial charge on any atom is 0.276 e. The van der Waals surface area contributed by atoms with E-state index in [-0.39, 0.29) is 5.56 Å². The molecule has 4 aromatic rings. The minimum Gasteiger partial charge on any atom is -0.493 e. The van der Waals surface area contributed by atoms with Gasteiger partial charge in [-0.1, -0.05) is 0 Å². The van der Waals surface area contributed by atoms with Crippen LogP contribution in [-0.4, -0.2) is 56.5 Å². The molecule has 0 aliphatic carbocycles. The van der Waals surface area contributed by atoms with E-state index >= 15 is 0 Å². The van der Waals surface area contributed by atoms with Gasteiger partial charge in [0, 0.05) is 49.4 Å². The molecule has 30 heavy (non-hydrogen) atoms. The second kappa shape index (κ2) is 8.08. The van der Waals surface area contributed by atoms with E-state index in [1.165, 1.54) is 0 Å². The van der Waals surface area contributed by atoms with Crippen LogP contribution in [0.2, 0.25) is 0 Å². The van der Waals surface area contributed by atoms with E-state index in [4.69, 9.17) is 14.2 Å². The van der Waals surface area contributed by atoms with Gasteiger partial charge in [-0.15, -0.1) is 0 Å². The number of benzene rings is 2. The molecule has 4 rings (SSSR count). The molecule has 2 N–H and O–H groups in total. The predicted molar refractivity (Wildman–Crippen MR) is 118 cm³/mol. The normalized spacial score (nSPS) is 11.2. The fourth-order valence-electron chi connectivity index (χ4n) is 3.44. The van der Waals surface area contributed by atoms with Crippen molar-refractivity contribution in [1.29, 1.82) is 0 Å². The molecule has 0 aliphatic rings. The molecule has 2 aromatic carbocycles. The average molecular weight is 408 g/mol. The van der Waals surface area contributed by atoms with Crippen molar-refractivity contribution in [3.63, 3.8) is 0 Å². The highest BCUT2D eigenvalue weighted by Crippen LogP contribution is 2.31. The number of fused-ring (bicyclic) bond motifs is 2. The Hall–Kier alpha value is -3.52. The lowest BCUT2D eigenvalue weighted by Gasteiger charge is -2.18. The summed E-state index contributed by atoms with van der Waals surface area (Å²) in [6.45, 7) is 1.44. The van der Waals surface area contributed by atoms with Gasteiger partial charge in [-0.3, -0.25) is 4.79 Å². The summed E-state index contributed by atoms with van der Waals surface area (Å²) in [5.41, 5.74) is 3.89. The molecule has 0 aliphatic heterocycles. The van der Waals surface area contributed by atoms with Gasteiger partial charge in [-0.2, -0.15) is 0 Å². The van der Waals surface area contributed by atoms with Crippen LogP contribution in [0.15, 0.2) is 41.2 Å². The van der Waals surface area contributed by atoms with Gasteiger partial charge in [0.1, 0.15) is 0 Å². The van der Waals surface area contributed by atoms with Crippen molar-refractivity contribution >= 4 is 27.6 Å². The van der Waals surface area contributed by atoms with E-state index in [9.17, 15) is 4.79 Å². The maximum atomic E-state index is 12.7. The monoisotopic (exact) mass is 408 g/mol. The lowest BCUT2D eigenvalue weighted by atomic mass is 10.2. The topological polar surface area (TPSA) is 92.5 Å². The largest absolute Gasteiger partial charge is 0.493 e. The van der Waals surface area contributed by atoms with Crippen LogP contribution in [0.5, 0.6) is 11.5 Å². The second-order valence-corrected chi connectivity index (χ2v) is 7.01. The van der Waals surface area contributed by atoms with Crippen LogP contribution < -0.4 is 19.9 Å². The van der Waals surface area contributed by atoms with E-state index in [2.05, 4.69) is 25.9 Å². The lowest BCUT2D eigenvalue weighted by Crippen LogP contribution is -2.21. The first kappa shape index (κ1) is 19.8. The molecule has 8 heteroatoms. The minimum atomic E-state index is -0.279. The highest BCUT2D eigenvalue weighted by atomic mass is 16.5. The van der Waals surface area contributed by atoms with Crippen molar-refractivity contribution in [1.82, 2.24) is 15.0 Å². The molecule has 156 valence electrons. The number of methoxy groups -OCH3 is 3. The zero-order chi connectivity index (χ0) is 21.3. The van der Waals surface area contributed by atoms with Crippen LogP contribution in [0.3, 0.4) is 0 Å². The molecule has 0 saturated carbocycles. The number of nitrogens with zero attached hydrogens (tertiary/aromatic N) is 2. The van der Waals surface area contributed by atoms with Gasteiger partial charge < -0.3 is 29.1 Å². The van der Waals surface area contributed by atoms with Gasteiger partial charge in [-0.05, 0) is 24.3 Å². The maximum absolute atomic E-state index is 12.7. The van der Waals surface area contributed by atoms with Crippen LogP contribution in [0, 0.1) is 0 Å². The van der Waals surface area contributed by atoms with Crippen molar-refractivity contribution < 1.29 is 14.2 Å². The van der Waals surface area contributed by atoms with E-state index in [0.717, 1.165) is 23.1 Å². The SMILES string of the molecule is COCCN(C)c1ccc2[nH]c(-c3nc4cc(OC)c(OC)cc4[nH]c3=O)cc2c1. The standard InChI is InChI=1S/C22H24N4O4/c1-26(7-8-28-2)14-5-6-15-13(9-14)10-18(23-15)21-22(27)25-17-12-20(30-4)19(29-3)11-16(17)24-21/h5-6,9-12,23H,7-8H2,1-4H3,(H,25,27). The molecule has 0 fully saturated rings. The Morgan fingerprint density at radius 2 is 1.73 bits per heavy atom. The van der Waals surface area contributed by atoms with E-state index in [1.54, 1.807) is 33.5 Å². The third-order valence-electron chi connectivity index (χ3n) is 5.13. The lowest BCUT2D eigenvalue weighted by molar-refractivity contribution is 0.206. The van der Waals surface area contributed by atoms with Crippen LogP contribution in [-0.2, 0) is 4.74 Å². The Morgan fingerprint density at radius 1 is 0.967 bits per heavy atom. The first-order valence-electron chi connectivity index (χ1n) is 9.53. The molecule has 0 unspecified atom stereocenters. The van der Waals surface area contributed by atoms with Crippen LogP contribution in [0.1, 0.15) is 0 Å². The number of hydrogen-bond acceptors (Lipinski definition) is 6. The fourth-order valence-corrected chi connectivity index (χ4v) is 3.44. The number of anilines is 1. The van der Waals surface area contributed by atoms with Crippen molar-refractivity contribution in [2.45, 2.75) is 0 Å². The zero-order valence-electron chi connectivity index (χ0n) is 17.4. The number of hydrogen-bond donors (Lipinski definition) is 2. The second-order valence-electron chi connectivity index (χ2n) is 7.01. The van der Waals surface area contributed by atoms with Crippen LogP contribution in [0.25, 0.3) is 33.3 Å². The Bertz CT molecular complexity index is 1260. The minimum absolute atomic E-state index is 0.279. The Kier molecular flexibility index (Phi) is 5.33. The number of likely N-dealkylation sites (N-methyl/N-ethyl adjacent to an activating group) is 1. The third kappa shape index (κ3) is 3.57. The van der Waals surface area contributed by atoms with E-state index < -0.39 is 0 Å². The van der Waals surface area contributed by atoms with Gasteiger partial charge in [0.2, 0.25) is 0 Å². The quantitative estimate of drug-likeness (QED) is 0.488. The summed E-state index contributed by atoms with van der Waals surface area (Å²) < 4.78 is 15.8. The van der Waals surface area contributed by atoms with E-state index in [0.29, 0.717) is 40.5 Å². The van der Waals surface area contributed by atoms with Gasteiger partial charge >= 0.3 is 0 Å². The van der Waals surface area contributed by atoms with Gasteiger partial charge in [0.05, 0.1) is 37.6 Å². The van der Waals surface area contributed by atoms with Crippen molar-refractivity contribution in [3.05, 3.63) is 46.8 Å². The molecule has 0 spiro atoms. The number of nitrogens with one attached hydrogen (secondary N) is 2. The number of ether oxygens (including phenoxy) is 3. The Labute approximate surface area is 173 Å². The van der Waals surface area contributed by atoms with Crippen molar-refractivity contribution in [2.24, 2.45) is 0 Å². The number of aromatic nitrogens is 3. The Morgan fingerprint density at radius 3 is 2.47 bits per heavy atom. The molecule has 2 aromatic heterocycles. The zero-order valence-corrected chi connectivity index (χ0v) is 17.4. The summed E-state index contributed by atoms with van der Waals surface area (Å²) in [6, 6.07) is 11.5. The summed E-state index contributed by atoms with van der Waals surface area (Å²) >= 11 is 0. The Balaban J connectivity index is 1.77. The first-order valence-corrected chi connectivity index (χ1v) is 9.53. The summed E-state index contributed by atoms with van der Waals surface area (Å²) in [4.78, 5) is 25.6. The predicted octanol–water partition coefficient (Wildman–Crippen LogP) is 3.17. The third-order valence-corrected chi connectivity index (χ3v) is 5.13. The molecule has 2 heterocycles. The molecule has 0 atom stereocenters. The van der Waals surface area contributed by atoms with Gasteiger partial charge in [-0.25, -0.2) is 4.98 Å². The number of H-pyrrole nitrogens is 2. The van der Waals surface area contributed by atoms with E-state index in [1.807, 2.05) is 25.2 Å². The fraction of sp³-hybridized carbons (Fsp3) is 0.273. The first-order chi connectivity index (χ1) is 14.5. The van der Waals surface area contributed by atoms with Gasteiger partial charge in [0.25, 0.3) is 5.56 Å². The number of aromatic amines is 2. The summed E-state index contributed by atoms with van der Waals surface area (Å²) in [6.07, 6.45) is 0. The summed E-state index contributed by atoms with van der Waals surface area (Å²) in [5, 5.41) is 1.00. The molecule has 0 radical (unpaired) electrons. The molecule has 0 saturated heterocycles. The number of rotatable bonds is 7. The van der Waals surface area contributed by atoms with Gasteiger partial charge in [0.15, 0.2) is 17.2 Å². The summed E-state index contributed by atoms with van der Waals surface area (Å²) in [7, 11) is 6.82. The van der Waals surface area contributed by atoms with Crippen molar-refractivity contribution in [3.8, 4) is 22.9 Å². The van der Waals surface area contributed by atoms with Crippen molar-refractivity contribution in [2.75, 3.05) is 46.4 Å². The molecule has 0 bridgehead atoms. The molecular formula is C22H24N4O4. The molecule has 0 amide bonds. The average Bonchev–Trinajstić information content (AvgIpc) is 3.19. The molecule has 8 nitrogen and oxygen atoms in total. The smallest absolute Gasteiger partial charge is 0.276 e. The van der Waals surface area contributed by atoms with Crippen LogP contribution >= 0.6 is 0 Å². The highest BCUT2D eigenvalue weighted by molar-refractivity contribution is 5.89. The summed E-state index contributed by atoms with van der Waals surface area (Å²) in [5.74, 6) is 1.09.